The van der Waals surface area contributed by atoms with E-state index < -0.39 is 11.5 Å². The molecule has 0 spiro atoms. The van der Waals surface area contributed by atoms with Crippen LogP contribution in [0, 0.1) is 5.92 Å². The van der Waals surface area contributed by atoms with E-state index in [1.54, 1.807) is 19.2 Å². The molecule has 0 saturated heterocycles. The Morgan fingerprint density at radius 1 is 1.26 bits per heavy atom. The molecule has 0 bridgehead atoms. The summed E-state index contributed by atoms with van der Waals surface area (Å²) in [6.07, 6.45) is 3.94. The number of nitrogens with one attached hydrogen (secondary N) is 1. The number of aliphatic carboxylic acids is 1. The number of amides is 1. The Kier molecular flexibility index (Phi) is 5.17. The molecule has 6 nitrogen and oxygen atoms in total. The zero-order valence-corrected chi connectivity index (χ0v) is 15.8. The molecule has 3 rings (SSSR count). The minimum Gasteiger partial charge on any atom is -0.493 e. The number of aromatic nitrogens is 1. The molecule has 2 N–H and O–H groups in total. The number of carbonyl (C=O) groups is 2. The molecule has 1 aromatic carbocycles. The fraction of sp³-hybridized carbons (Fsp3) is 0.381. The van der Waals surface area contributed by atoms with Gasteiger partial charge in [0, 0.05) is 24.4 Å². The Morgan fingerprint density at radius 2 is 2.04 bits per heavy atom. The van der Waals surface area contributed by atoms with Crippen molar-refractivity contribution in [2.45, 2.75) is 39.2 Å². The normalized spacial score (nSPS) is 15.0. The second-order valence-electron chi connectivity index (χ2n) is 7.48. The van der Waals surface area contributed by atoms with Crippen LogP contribution in [0.2, 0.25) is 0 Å². The molecule has 142 valence electrons. The highest BCUT2D eigenvalue weighted by Gasteiger charge is 2.33. The number of hydrogen-bond acceptors (Lipinski definition) is 4. The van der Waals surface area contributed by atoms with Crippen LogP contribution in [0.1, 0.15) is 43.1 Å². The number of hydrogen-bond donors (Lipinski definition) is 2. The maximum absolute atomic E-state index is 12.8. The van der Waals surface area contributed by atoms with Gasteiger partial charge in [-0.15, -0.1) is 0 Å². The van der Waals surface area contributed by atoms with Crippen LogP contribution in [0.25, 0.3) is 11.1 Å². The molecule has 2 aromatic rings. The fourth-order valence-corrected chi connectivity index (χ4v) is 3.13. The van der Waals surface area contributed by atoms with Crippen LogP contribution in [0.5, 0.6) is 5.75 Å². The number of carbonyl (C=O) groups excluding carboxylic acids is 1. The lowest BCUT2D eigenvalue weighted by molar-refractivity contribution is -0.138. The highest BCUT2D eigenvalue weighted by molar-refractivity contribution is 5.95. The van der Waals surface area contributed by atoms with E-state index in [9.17, 15) is 14.7 Å². The lowest BCUT2D eigenvalue weighted by Crippen LogP contribution is -2.51. The van der Waals surface area contributed by atoms with Crippen molar-refractivity contribution in [2.24, 2.45) is 5.92 Å². The summed E-state index contributed by atoms with van der Waals surface area (Å²) < 4.78 is 5.53. The third kappa shape index (κ3) is 4.10. The highest BCUT2D eigenvalue weighted by atomic mass is 16.5. The first-order valence-electron chi connectivity index (χ1n) is 9.04. The summed E-state index contributed by atoms with van der Waals surface area (Å²) in [5, 5.41) is 12.1. The molecule has 0 radical (unpaired) electrons. The first kappa shape index (κ1) is 18.9. The van der Waals surface area contributed by atoms with Gasteiger partial charge in [-0.1, -0.05) is 19.9 Å². The predicted octanol–water partition coefficient (Wildman–Crippen LogP) is 3.30. The van der Waals surface area contributed by atoms with Gasteiger partial charge in [0.05, 0.1) is 24.1 Å². The van der Waals surface area contributed by atoms with Crippen LogP contribution >= 0.6 is 0 Å². The van der Waals surface area contributed by atoms with Gasteiger partial charge in [0.2, 0.25) is 0 Å². The molecule has 1 unspecified atom stereocenters. The predicted molar refractivity (Wildman–Crippen MR) is 102 cm³/mol. The maximum atomic E-state index is 12.8. The number of fused-ring (bicyclic) bond motifs is 1. The van der Waals surface area contributed by atoms with Crippen molar-refractivity contribution >= 4 is 11.9 Å². The van der Waals surface area contributed by atoms with Crippen molar-refractivity contribution < 1.29 is 19.4 Å². The standard InChI is InChI=1S/C21H24N2O4/c1-13(2)21(3,10-19(24)25)23-20(26)17-9-16(11-22-12-17)14-4-5-18-15(8-14)6-7-27-18/h4-5,8-9,11-13H,6-7,10H2,1-3H3,(H,23,26)(H,24,25). The van der Waals surface area contributed by atoms with Gasteiger partial charge >= 0.3 is 5.97 Å². The number of rotatable bonds is 6. The van der Waals surface area contributed by atoms with Crippen molar-refractivity contribution in [2.75, 3.05) is 6.61 Å². The van der Waals surface area contributed by atoms with Crippen molar-refractivity contribution in [3.8, 4) is 16.9 Å². The molecule has 1 aromatic heterocycles. The number of nitrogens with zero attached hydrogens (tertiary/aromatic N) is 1. The third-order valence-electron chi connectivity index (χ3n) is 5.22. The van der Waals surface area contributed by atoms with Crippen molar-refractivity contribution in [3.63, 3.8) is 0 Å². The molecule has 27 heavy (non-hydrogen) atoms. The number of ether oxygens (including phenoxy) is 1. The lowest BCUT2D eigenvalue weighted by atomic mass is 9.85. The minimum atomic E-state index is -0.946. The fourth-order valence-electron chi connectivity index (χ4n) is 3.13. The third-order valence-corrected chi connectivity index (χ3v) is 5.22. The summed E-state index contributed by atoms with van der Waals surface area (Å²) >= 11 is 0. The number of pyridine rings is 1. The van der Waals surface area contributed by atoms with Gasteiger partial charge in [0.1, 0.15) is 5.75 Å². The second kappa shape index (κ2) is 7.39. The van der Waals surface area contributed by atoms with Gasteiger partial charge in [0.25, 0.3) is 5.91 Å². The number of benzene rings is 1. The molecule has 1 aliphatic heterocycles. The quantitative estimate of drug-likeness (QED) is 0.817. The Morgan fingerprint density at radius 3 is 2.74 bits per heavy atom. The summed E-state index contributed by atoms with van der Waals surface area (Å²) in [5.41, 5.74) is 2.52. The second-order valence-corrected chi connectivity index (χ2v) is 7.48. The van der Waals surface area contributed by atoms with Crippen molar-refractivity contribution in [3.05, 3.63) is 47.8 Å². The van der Waals surface area contributed by atoms with Crippen molar-refractivity contribution in [1.82, 2.24) is 10.3 Å². The Bertz CT molecular complexity index is 878. The largest absolute Gasteiger partial charge is 0.493 e. The summed E-state index contributed by atoms with van der Waals surface area (Å²) in [4.78, 5) is 28.2. The van der Waals surface area contributed by atoms with E-state index in [-0.39, 0.29) is 18.2 Å². The maximum Gasteiger partial charge on any atom is 0.305 e. The van der Waals surface area contributed by atoms with Crippen LogP contribution in [-0.2, 0) is 11.2 Å². The Balaban J connectivity index is 1.84. The Hall–Kier alpha value is -2.89. The Labute approximate surface area is 158 Å². The van der Waals surface area contributed by atoms with E-state index in [4.69, 9.17) is 4.74 Å². The molecular formula is C21H24N2O4. The minimum absolute atomic E-state index is 0.0367. The molecule has 0 fully saturated rings. The van der Waals surface area contributed by atoms with E-state index in [0.29, 0.717) is 12.2 Å². The first-order chi connectivity index (χ1) is 12.8. The molecule has 1 atom stereocenters. The van der Waals surface area contributed by atoms with Crippen LogP contribution in [0.3, 0.4) is 0 Å². The average molecular weight is 368 g/mol. The molecule has 0 aliphatic carbocycles. The van der Waals surface area contributed by atoms with Crippen LogP contribution in [0.4, 0.5) is 0 Å². The first-order valence-corrected chi connectivity index (χ1v) is 9.04. The smallest absolute Gasteiger partial charge is 0.305 e. The van der Waals surface area contributed by atoms with E-state index in [2.05, 4.69) is 16.4 Å². The van der Waals surface area contributed by atoms with Gasteiger partial charge in [-0.05, 0) is 42.2 Å². The number of carboxylic acid groups (broad SMARTS) is 1. The SMILES string of the molecule is CC(C)C(C)(CC(=O)O)NC(=O)c1cncc(-c2ccc3c(c2)CCO3)c1. The van der Waals surface area contributed by atoms with Gasteiger partial charge in [-0.3, -0.25) is 14.6 Å². The van der Waals surface area contributed by atoms with Crippen molar-refractivity contribution in [1.29, 1.82) is 0 Å². The van der Waals surface area contributed by atoms with Crippen LogP contribution in [-0.4, -0.2) is 34.1 Å². The van der Waals surface area contributed by atoms with Crippen LogP contribution in [0.15, 0.2) is 36.7 Å². The van der Waals surface area contributed by atoms with E-state index in [1.165, 1.54) is 6.20 Å². The summed E-state index contributed by atoms with van der Waals surface area (Å²) in [6.45, 7) is 6.23. The zero-order chi connectivity index (χ0) is 19.6. The molecule has 1 aliphatic rings. The molecule has 2 heterocycles. The molecular weight excluding hydrogens is 344 g/mol. The van der Waals surface area contributed by atoms with Gasteiger partial charge in [-0.2, -0.15) is 0 Å². The lowest BCUT2D eigenvalue weighted by Gasteiger charge is -2.33. The molecule has 6 heteroatoms. The van der Waals surface area contributed by atoms with E-state index in [0.717, 1.165) is 28.9 Å². The topological polar surface area (TPSA) is 88.5 Å². The summed E-state index contributed by atoms with van der Waals surface area (Å²) in [7, 11) is 0. The monoisotopic (exact) mass is 368 g/mol. The molecule has 1 amide bonds. The van der Waals surface area contributed by atoms with Crippen LogP contribution < -0.4 is 10.1 Å². The van der Waals surface area contributed by atoms with Gasteiger partial charge in [0.15, 0.2) is 0 Å². The summed E-state index contributed by atoms with van der Waals surface area (Å²) in [5.74, 6) is -0.405. The van der Waals surface area contributed by atoms with Gasteiger partial charge in [-0.25, -0.2) is 0 Å². The number of carboxylic acids is 1. The highest BCUT2D eigenvalue weighted by Crippen LogP contribution is 2.30. The van der Waals surface area contributed by atoms with E-state index >= 15 is 0 Å². The van der Waals surface area contributed by atoms with Gasteiger partial charge < -0.3 is 15.2 Å². The molecule has 0 saturated carbocycles. The summed E-state index contributed by atoms with van der Waals surface area (Å²) in [6, 6.07) is 7.73. The zero-order valence-electron chi connectivity index (χ0n) is 15.8. The average Bonchev–Trinajstić information content (AvgIpc) is 3.08. The van der Waals surface area contributed by atoms with E-state index in [1.807, 2.05) is 26.0 Å².